The van der Waals surface area contributed by atoms with E-state index >= 15 is 0 Å². The maximum atomic E-state index is 13.1. The highest BCUT2D eigenvalue weighted by molar-refractivity contribution is 5.76. The zero-order valence-corrected chi connectivity index (χ0v) is 15.5. The minimum Gasteiger partial charge on any atom is -0.356 e. The molecule has 27 heavy (non-hydrogen) atoms. The van der Waals surface area contributed by atoms with Crippen LogP contribution in [0.15, 0.2) is 60.8 Å². The number of hydrogen-bond donors (Lipinski definition) is 1. The predicted octanol–water partition coefficient (Wildman–Crippen LogP) is 4.00. The average Bonchev–Trinajstić information content (AvgIpc) is 3.05. The van der Waals surface area contributed by atoms with Gasteiger partial charge in [0.1, 0.15) is 5.82 Å². The Labute approximate surface area is 159 Å². The lowest BCUT2D eigenvalue weighted by Gasteiger charge is -2.05. The Morgan fingerprint density at radius 2 is 1.93 bits per heavy atom. The van der Waals surface area contributed by atoms with Crippen molar-refractivity contribution < 1.29 is 9.18 Å². The van der Waals surface area contributed by atoms with Crippen molar-refractivity contribution in [3.63, 3.8) is 0 Å². The van der Waals surface area contributed by atoms with E-state index in [9.17, 15) is 9.18 Å². The molecule has 4 nitrogen and oxygen atoms in total. The second kappa shape index (κ2) is 9.12. The molecule has 0 unspecified atom stereocenters. The zero-order chi connectivity index (χ0) is 19.1. The van der Waals surface area contributed by atoms with Crippen molar-refractivity contribution in [2.45, 2.75) is 32.6 Å². The minimum absolute atomic E-state index is 0.00374. The molecule has 1 N–H and O–H groups in total. The van der Waals surface area contributed by atoms with E-state index in [4.69, 9.17) is 0 Å². The molecule has 1 aromatic heterocycles. The molecular formula is C22H24FN3O. The minimum atomic E-state index is -0.265. The quantitative estimate of drug-likeness (QED) is 0.613. The molecule has 5 heteroatoms. The smallest absolute Gasteiger partial charge is 0.220 e. The summed E-state index contributed by atoms with van der Waals surface area (Å²) in [6.07, 6.45) is 4.69. The molecule has 0 atom stereocenters. The lowest BCUT2D eigenvalue weighted by molar-refractivity contribution is -0.121. The molecule has 0 aliphatic rings. The van der Waals surface area contributed by atoms with Gasteiger partial charge in [0.2, 0.25) is 5.91 Å². The predicted molar refractivity (Wildman–Crippen MR) is 104 cm³/mol. The van der Waals surface area contributed by atoms with E-state index in [-0.39, 0.29) is 11.7 Å². The molecule has 1 amide bonds. The van der Waals surface area contributed by atoms with Gasteiger partial charge in [0.25, 0.3) is 0 Å². The molecule has 0 bridgehead atoms. The molecule has 0 spiro atoms. The van der Waals surface area contributed by atoms with Crippen LogP contribution in [-0.4, -0.2) is 22.2 Å². The summed E-state index contributed by atoms with van der Waals surface area (Å²) < 4.78 is 15.0. The third kappa shape index (κ3) is 5.51. The number of carbonyl (C=O) groups excluding carboxylic acids is 1. The first-order valence-corrected chi connectivity index (χ1v) is 9.23. The van der Waals surface area contributed by atoms with E-state index < -0.39 is 0 Å². The largest absolute Gasteiger partial charge is 0.356 e. The van der Waals surface area contributed by atoms with Crippen LogP contribution in [0.2, 0.25) is 0 Å². The van der Waals surface area contributed by atoms with Crippen molar-refractivity contribution in [3.8, 4) is 5.69 Å². The van der Waals surface area contributed by atoms with E-state index in [1.165, 1.54) is 17.7 Å². The van der Waals surface area contributed by atoms with Crippen LogP contribution in [0, 0.1) is 12.7 Å². The van der Waals surface area contributed by atoms with Gasteiger partial charge in [-0.3, -0.25) is 4.79 Å². The van der Waals surface area contributed by atoms with Crippen LogP contribution in [0.5, 0.6) is 0 Å². The SMILES string of the molecule is Cc1nn(-c2ccccc2)cc1CCCNC(=O)CCc1cccc(F)c1. The summed E-state index contributed by atoms with van der Waals surface area (Å²) in [6.45, 7) is 2.63. The fourth-order valence-electron chi connectivity index (χ4n) is 3.00. The number of aryl methyl sites for hydroxylation is 3. The number of aromatic nitrogens is 2. The molecule has 0 aliphatic carbocycles. The van der Waals surface area contributed by atoms with E-state index in [0.29, 0.717) is 19.4 Å². The van der Waals surface area contributed by atoms with Gasteiger partial charge < -0.3 is 5.32 Å². The number of nitrogens with one attached hydrogen (secondary N) is 1. The van der Waals surface area contributed by atoms with Gasteiger partial charge in [-0.25, -0.2) is 9.07 Å². The highest BCUT2D eigenvalue weighted by Crippen LogP contribution is 2.13. The number of amides is 1. The van der Waals surface area contributed by atoms with Gasteiger partial charge in [0.05, 0.1) is 11.4 Å². The fourth-order valence-corrected chi connectivity index (χ4v) is 3.00. The van der Waals surface area contributed by atoms with Crippen LogP contribution in [-0.2, 0) is 17.6 Å². The topological polar surface area (TPSA) is 46.9 Å². The summed E-state index contributed by atoms with van der Waals surface area (Å²) in [7, 11) is 0. The Bertz CT molecular complexity index is 890. The molecule has 0 saturated heterocycles. The summed E-state index contributed by atoms with van der Waals surface area (Å²) in [6, 6.07) is 16.4. The highest BCUT2D eigenvalue weighted by atomic mass is 19.1. The molecule has 0 aliphatic heterocycles. The third-order valence-electron chi connectivity index (χ3n) is 4.50. The van der Waals surface area contributed by atoms with Gasteiger partial charge in [0.15, 0.2) is 0 Å². The summed E-state index contributed by atoms with van der Waals surface area (Å²) in [5, 5.41) is 7.50. The van der Waals surface area contributed by atoms with Gasteiger partial charge in [0, 0.05) is 19.2 Å². The normalized spacial score (nSPS) is 10.7. The van der Waals surface area contributed by atoms with Crippen LogP contribution < -0.4 is 5.32 Å². The molecular weight excluding hydrogens is 341 g/mol. The summed E-state index contributed by atoms with van der Waals surface area (Å²) in [4.78, 5) is 11.9. The summed E-state index contributed by atoms with van der Waals surface area (Å²) >= 11 is 0. The maximum Gasteiger partial charge on any atom is 0.220 e. The van der Waals surface area contributed by atoms with Gasteiger partial charge in [-0.05, 0) is 61.6 Å². The van der Waals surface area contributed by atoms with E-state index in [1.54, 1.807) is 6.07 Å². The first-order chi connectivity index (χ1) is 13.1. The maximum absolute atomic E-state index is 13.1. The molecule has 3 aromatic rings. The van der Waals surface area contributed by atoms with Crippen LogP contribution >= 0.6 is 0 Å². The number of rotatable bonds is 8. The van der Waals surface area contributed by atoms with Gasteiger partial charge in [-0.2, -0.15) is 5.10 Å². The Morgan fingerprint density at radius 3 is 2.70 bits per heavy atom. The Balaban J connectivity index is 1.41. The highest BCUT2D eigenvalue weighted by Gasteiger charge is 2.07. The van der Waals surface area contributed by atoms with Crippen LogP contribution in [0.1, 0.15) is 29.7 Å². The molecule has 0 fully saturated rings. The van der Waals surface area contributed by atoms with Crippen molar-refractivity contribution in [3.05, 3.63) is 83.4 Å². The number of halogens is 1. The molecule has 140 valence electrons. The zero-order valence-electron chi connectivity index (χ0n) is 15.5. The van der Waals surface area contributed by atoms with Crippen LogP contribution in [0.25, 0.3) is 5.69 Å². The molecule has 3 rings (SSSR count). The van der Waals surface area contributed by atoms with Crippen molar-refractivity contribution >= 4 is 5.91 Å². The summed E-state index contributed by atoms with van der Waals surface area (Å²) in [5.41, 5.74) is 4.08. The molecule has 2 aromatic carbocycles. The van der Waals surface area contributed by atoms with Crippen molar-refractivity contribution in [2.24, 2.45) is 0 Å². The number of nitrogens with zero attached hydrogens (tertiary/aromatic N) is 2. The third-order valence-corrected chi connectivity index (χ3v) is 4.50. The van der Waals surface area contributed by atoms with Crippen LogP contribution in [0.4, 0.5) is 4.39 Å². The number of hydrogen-bond acceptors (Lipinski definition) is 2. The second-order valence-electron chi connectivity index (χ2n) is 6.60. The Morgan fingerprint density at radius 1 is 1.11 bits per heavy atom. The monoisotopic (exact) mass is 365 g/mol. The average molecular weight is 365 g/mol. The Kier molecular flexibility index (Phi) is 6.36. The van der Waals surface area contributed by atoms with E-state index in [0.717, 1.165) is 29.8 Å². The first kappa shape index (κ1) is 18.8. The molecule has 0 radical (unpaired) electrons. The lowest BCUT2D eigenvalue weighted by Crippen LogP contribution is -2.25. The fraction of sp³-hybridized carbons (Fsp3) is 0.273. The first-order valence-electron chi connectivity index (χ1n) is 9.23. The second-order valence-corrected chi connectivity index (χ2v) is 6.60. The van der Waals surface area contributed by atoms with Crippen molar-refractivity contribution in [2.75, 3.05) is 6.54 Å². The van der Waals surface area contributed by atoms with Crippen LogP contribution in [0.3, 0.4) is 0 Å². The number of benzene rings is 2. The molecule has 0 saturated carbocycles. The summed E-state index contributed by atoms with van der Waals surface area (Å²) in [5.74, 6) is -0.268. The molecule has 1 heterocycles. The number of para-hydroxylation sites is 1. The number of carbonyl (C=O) groups is 1. The van der Waals surface area contributed by atoms with Crippen molar-refractivity contribution in [1.29, 1.82) is 0 Å². The lowest BCUT2D eigenvalue weighted by atomic mass is 10.1. The van der Waals surface area contributed by atoms with Crippen molar-refractivity contribution in [1.82, 2.24) is 15.1 Å². The standard InChI is InChI=1S/C22H24FN3O/c1-17-19(16-26(25-17)21-10-3-2-4-11-21)8-6-14-24-22(27)13-12-18-7-5-9-20(23)15-18/h2-5,7,9-11,15-16H,6,8,12-14H2,1H3,(H,24,27). The van der Waals surface area contributed by atoms with E-state index in [1.807, 2.05) is 48.0 Å². The van der Waals surface area contributed by atoms with Gasteiger partial charge in [-0.1, -0.05) is 30.3 Å². The van der Waals surface area contributed by atoms with Gasteiger partial charge in [-0.15, -0.1) is 0 Å². The Hall–Kier alpha value is -2.95. The van der Waals surface area contributed by atoms with E-state index in [2.05, 4.69) is 16.6 Å². The van der Waals surface area contributed by atoms with Gasteiger partial charge >= 0.3 is 0 Å².